The van der Waals surface area contributed by atoms with Crippen molar-refractivity contribution in [2.24, 2.45) is 23.0 Å². The van der Waals surface area contributed by atoms with Gasteiger partial charge in [-0.05, 0) is 24.2 Å². The minimum Gasteiger partial charge on any atom is -0.355 e. The van der Waals surface area contributed by atoms with E-state index in [0.29, 0.717) is 5.92 Å². The lowest BCUT2D eigenvalue weighted by Crippen LogP contribution is -2.43. The van der Waals surface area contributed by atoms with Crippen LogP contribution in [-0.2, 0) is 4.79 Å². The van der Waals surface area contributed by atoms with Crippen molar-refractivity contribution in [2.75, 3.05) is 6.54 Å². The summed E-state index contributed by atoms with van der Waals surface area (Å²) < 4.78 is 0. The van der Waals surface area contributed by atoms with Crippen molar-refractivity contribution in [3.63, 3.8) is 0 Å². The summed E-state index contributed by atoms with van der Waals surface area (Å²) in [4.78, 5) is 11.9. The van der Waals surface area contributed by atoms with Crippen LogP contribution in [-0.4, -0.2) is 18.5 Å². The number of hydrogen-bond acceptors (Lipinski definition) is 2. The molecule has 1 aliphatic carbocycles. The lowest BCUT2D eigenvalue weighted by Gasteiger charge is -2.30. The van der Waals surface area contributed by atoms with Gasteiger partial charge in [0.25, 0.3) is 0 Å². The van der Waals surface area contributed by atoms with Crippen molar-refractivity contribution in [3.05, 3.63) is 0 Å². The van der Waals surface area contributed by atoms with Crippen LogP contribution in [0.1, 0.15) is 47.0 Å². The minimum atomic E-state index is 0.0444. The molecule has 0 saturated heterocycles. The molecule has 0 bridgehead atoms. The highest BCUT2D eigenvalue weighted by Gasteiger charge is 2.31. The second kappa shape index (κ2) is 5.17. The third-order valence-electron chi connectivity index (χ3n) is 4.19. The molecule has 0 radical (unpaired) electrons. The maximum absolute atomic E-state index is 11.9. The molecule has 0 spiro atoms. The number of nitrogens with two attached hydrogens (primary N) is 1. The van der Waals surface area contributed by atoms with E-state index in [9.17, 15) is 4.79 Å². The van der Waals surface area contributed by atoms with Gasteiger partial charge in [0.05, 0.1) is 5.92 Å². The maximum Gasteiger partial charge on any atom is 0.224 e. The first kappa shape index (κ1) is 13.5. The Labute approximate surface area is 99.2 Å². The van der Waals surface area contributed by atoms with Crippen LogP contribution in [0.4, 0.5) is 0 Å². The summed E-state index contributed by atoms with van der Waals surface area (Å²) >= 11 is 0. The fraction of sp³-hybridized carbons (Fsp3) is 0.923. The average Bonchev–Trinajstić information content (AvgIpc) is 2.61. The molecule has 1 saturated carbocycles. The standard InChI is InChI=1S/C13H26N2O/c1-9(2)13(3,4)8-15-12(16)10-6-5-7-11(10)14/h9-11H,5-8,14H2,1-4H3,(H,15,16). The summed E-state index contributed by atoms with van der Waals surface area (Å²) in [5.41, 5.74) is 6.07. The zero-order chi connectivity index (χ0) is 12.3. The predicted octanol–water partition coefficient (Wildman–Crippen LogP) is 1.91. The molecule has 1 fully saturated rings. The van der Waals surface area contributed by atoms with Gasteiger partial charge in [-0.25, -0.2) is 0 Å². The fourth-order valence-corrected chi connectivity index (χ4v) is 1.96. The van der Waals surface area contributed by atoms with E-state index in [1.54, 1.807) is 0 Å². The SMILES string of the molecule is CC(C)C(C)(C)CNC(=O)C1CCCC1N. The molecule has 3 heteroatoms. The van der Waals surface area contributed by atoms with E-state index < -0.39 is 0 Å². The minimum absolute atomic E-state index is 0.0444. The quantitative estimate of drug-likeness (QED) is 0.769. The van der Waals surface area contributed by atoms with Crippen LogP contribution in [0, 0.1) is 17.3 Å². The molecule has 0 heterocycles. The van der Waals surface area contributed by atoms with Crippen molar-refractivity contribution in [1.29, 1.82) is 0 Å². The van der Waals surface area contributed by atoms with Gasteiger partial charge in [0.1, 0.15) is 0 Å². The van der Waals surface area contributed by atoms with Gasteiger partial charge in [-0.3, -0.25) is 4.79 Å². The first-order valence-corrected chi connectivity index (χ1v) is 6.38. The van der Waals surface area contributed by atoms with Crippen LogP contribution in [0.3, 0.4) is 0 Å². The Balaban J connectivity index is 2.41. The number of carbonyl (C=O) groups is 1. The summed E-state index contributed by atoms with van der Waals surface area (Å²) in [6.07, 6.45) is 3.04. The number of rotatable bonds is 4. The summed E-state index contributed by atoms with van der Waals surface area (Å²) in [5.74, 6) is 0.756. The van der Waals surface area contributed by atoms with Crippen molar-refractivity contribution in [3.8, 4) is 0 Å². The molecule has 0 aromatic heterocycles. The van der Waals surface area contributed by atoms with Crippen molar-refractivity contribution < 1.29 is 4.79 Å². The molecule has 0 aromatic rings. The fourth-order valence-electron chi connectivity index (χ4n) is 1.96. The van der Waals surface area contributed by atoms with E-state index in [1.165, 1.54) is 0 Å². The third kappa shape index (κ3) is 3.21. The Morgan fingerprint density at radius 1 is 1.44 bits per heavy atom. The van der Waals surface area contributed by atoms with Gasteiger partial charge < -0.3 is 11.1 Å². The highest BCUT2D eigenvalue weighted by atomic mass is 16.1. The predicted molar refractivity (Wildman–Crippen MR) is 66.9 cm³/mol. The molecule has 16 heavy (non-hydrogen) atoms. The van der Waals surface area contributed by atoms with E-state index in [0.717, 1.165) is 25.8 Å². The third-order valence-corrected chi connectivity index (χ3v) is 4.19. The van der Waals surface area contributed by atoms with Crippen molar-refractivity contribution in [2.45, 2.75) is 53.0 Å². The monoisotopic (exact) mass is 226 g/mol. The van der Waals surface area contributed by atoms with E-state index in [1.807, 2.05) is 0 Å². The summed E-state index contributed by atoms with van der Waals surface area (Å²) in [5, 5.41) is 3.06. The van der Waals surface area contributed by atoms with Crippen molar-refractivity contribution >= 4 is 5.91 Å². The summed E-state index contributed by atoms with van der Waals surface area (Å²) in [6.45, 7) is 9.49. The Kier molecular flexibility index (Phi) is 4.36. The summed E-state index contributed by atoms with van der Waals surface area (Å²) in [7, 11) is 0. The Bertz CT molecular complexity index is 248. The zero-order valence-electron chi connectivity index (χ0n) is 11.0. The second-order valence-corrected chi connectivity index (χ2v) is 6.06. The van der Waals surface area contributed by atoms with E-state index in [-0.39, 0.29) is 23.3 Å². The highest BCUT2D eigenvalue weighted by molar-refractivity contribution is 5.79. The average molecular weight is 226 g/mol. The number of hydrogen-bond donors (Lipinski definition) is 2. The van der Waals surface area contributed by atoms with Crippen LogP contribution >= 0.6 is 0 Å². The summed E-state index contributed by atoms with van der Waals surface area (Å²) in [6, 6.07) is 0.0714. The van der Waals surface area contributed by atoms with Gasteiger partial charge in [0.2, 0.25) is 5.91 Å². The Morgan fingerprint density at radius 2 is 2.06 bits per heavy atom. The van der Waals surface area contributed by atoms with Crippen LogP contribution in [0.2, 0.25) is 0 Å². The van der Waals surface area contributed by atoms with Gasteiger partial charge in [0, 0.05) is 12.6 Å². The Hall–Kier alpha value is -0.570. The van der Waals surface area contributed by atoms with Crippen LogP contribution < -0.4 is 11.1 Å². The number of nitrogens with one attached hydrogen (secondary N) is 1. The van der Waals surface area contributed by atoms with Crippen LogP contribution in [0.25, 0.3) is 0 Å². The molecule has 2 unspecified atom stereocenters. The molecule has 0 aliphatic heterocycles. The van der Waals surface area contributed by atoms with Crippen LogP contribution in [0.15, 0.2) is 0 Å². The molecule has 1 amide bonds. The molecule has 1 rings (SSSR count). The zero-order valence-corrected chi connectivity index (χ0v) is 11.0. The van der Waals surface area contributed by atoms with Gasteiger partial charge in [-0.15, -0.1) is 0 Å². The number of amides is 1. The maximum atomic E-state index is 11.9. The second-order valence-electron chi connectivity index (χ2n) is 6.06. The number of carbonyl (C=O) groups excluding carboxylic acids is 1. The lowest BCUT2D eigenvalue weighted by molar-refractivity contribution is -0.125. The van der Waals surface area contributed by atoms with Gasteiger partial charge in [-0.1, -0.05) is 34.1 Å². The first-order valence-electron chi connectivity index (χ1n) is 6.38. The van der Waals surface area contributed by atoms with E-state index in [2.05, 4.69) is 33.0 Å². The highest BCUT2D eigenvalue weighted by Crippen LogP contribution is 2.27. The molecule has 2 atom stereocenters. The van der Waals surface area contributed by atoms with Gasteiger partial charge in [0.15, 0.2) is 0 Å². The molecule has 0 aromatic carbocycles. The normalized spacial score (nSPS) is 26.1. The van der Waals surface area contributed by atoms with E-state index in [4.69, 9.17) is 5.73 Å². The smallest absolute Gasteiger partial charge is 0.224 e. The largest absolute Gasteiger partial charge is 0.355 e. The first-order chi connectivity index (χ1) is 7.34. The lowest BCUT2D eigenvalue weighted by atomic mass is 9.81. The Morgan fingerprint density at radius 3 is 2.50 bits per heavy atom. The molecular weight excluding hydrogens is 200 g/mol. The van der Waals surface area contributed by atoms with Crippen LogP contribution in [0.5, 0.6) is 0 Å². The topological polar surface area (TPSA) is 55.1 Å². The molecule has 1 aliphatic rings. The van der Waals surface area contributed by atoms with E-state index >= 15 is 0 Å². The van der Waals surface area contributed by atoms with Crippen molar-refractivity contribution in [1.82, 2.24) is 5.32 Å². The van der Waals surface area contributed by atoms with Gasteiger partial charge in [-0.2, -0.15) is 0 Å². The molecule has 3 N–H and O–H groups in total. The van der Waals surface area contributed by atoms with Gasteiger partial charge >= 0.3 is 0 Å². The molecule has 3 nitrogen and oxygen atoms in total. The molecule has 94 valence electrons. The molecular formula is C13H26N2O.